The van der Waals surface area contributed by atoms with Crippen molar-refractivity contribution >= 4 is 39.9 Å². The van der Waals surface area contributed by atoms with E-state index in [9.17, 15) is 14.4 Å². The highest BCUT2D eigenvalue weighted by Gasteiger charge is 2.35. The number of hydrogen-bond acceptors (Lipinski definition) is 4. The van der Waals surface area contributed by atoms with Crippen LogP contribution < -0.4 is 10.6 Å². The van der Waals surface area contributed by atoms with E-state index in [1.807, 2.05) is 18.2 Å². The molecule has 3 N–H and O–H groups in total. The van der Waals surface area contributed by atoms with Crippen LogP contribution in [-0.4, -0.2) is 40.5 Å². The van der Waals surface area contributed by atoms with Gasteiger partial charge in [0.2, 0.25) is 0 Å². The number of hydrogen-bond donors (Lipinski definition) is 3. The summed E-state index contributed by atoms with van der Waals surface area (Å²) in [5.74, 6) is -1.73. The summed E-state index contributed by atoms with van der Waals surface area (Å²) < 4.78 is 0. The lowest BCUT2D eigenvalue weighted by atomic mass is 10.1. The number of carboxylic acids is 1. The first-order chi connectivity index (χ1) is 12.9. The van der Waals surface area contributed by atoms with E-state index in [0.29, 0.717) is 15.6 Å². The van der Waals surface area contributed by atoms with Crippen LogP contribution in [0.2, 0.25) is 0 Å². The first-order valence-electron chi connectivity index (χ1n) is 8.70. The van der Waals surface area contributed by atoms with Gasteiger partial charge in [0.05, 0.1) is 15.8 Å². The molecule has 1 aromatic carbocycles. The van der Waals surface area contributed by atoms with Gasteiger partial charge in [-0.3, -0.25) is 14.9 Å². The van der Waals surface area contributed by atoms with Crippen LogP contribution in [0.5, 0.6) is 0 Å². The van der Waals surface area contributed by atoms with Gasteiger partial charge in [-0.25, -0.2) is 4.79 Å². The van der Waals surface area contributed by atoms with Crippen LogP contribution in [0.15, 0.2) is 42.5 Å². The Labute approximate surface area is 161 Å². The van der Waals surface area contributed by atoms with Gasteiger partial charge >= 0.3 is 12.0 Å². The second-order valence-electron chi connectivity index (χ2n) is 6.54. The van der Waals surface area contributed by atoms with E-state index in [2.05, 4.69) is 10.6 Å². The molecule has 1 fully saturated rings. The molecule has 3 rings (SSSR count). The number of aliphatic carboxylic acids is 1. The minimum Gasteiger partial charge on any atom is -0.481 e. The number of carbonyl (C=O) groups is 3. The topological polar surface area (TPSA) is 98.7 Å². The molecule has 1 atom stereocenters. The second kappa shape index (κ2) is 8.22. The Hall–Kier alpha value is -2.87. The summed E-state index contributed by atoms with van der Waals surface area (Å²) in [5.41, 5.74) is 0.672. The SMILES string of the molecule is CC(CN(C(=O)c1ccc(NC(=O)Nc2ccccc2)s1)C1CC1)C(=O)O. The van der Waals surface area contributed by atoms with Gasteiger partial charge in [0.25, 0.3) is 5.91 Å². The highest BCUT2D eigenvalue weighted by Crippen LogP contribution is 2.31. The maximum absolute atomic E-state index is 12.8. The van der Waals surface area contributed by atoms with Crippen molar-refractivity contribution in [1.82, 2.24) is 4.90 Å². The summed E-state index contributed by atoms with van der Waals surface area (Å²) in [6, 6.07) is 12.1. The molecule has 1 heterocycles. The molecule has 0 spiro atoms. The molecule has 0 aliphatic heterocycles. The summed E-state index contributed by atoms with van der Waals surface area (Å²) in [4.78, 5) is 38.1. The van der Waals surface area contributed by atoms with Gasteiger partial charge in [-0.15, -0.1) is 11.3 Å². The van der Waals surface area contributed by atoms with Gasteiger partial charge in [0.1, 0.15) is 0 Å². The predicted molar refractivity (Wildman–Crippen MR) is 104 cm³/mol. The van der Waals surface area contributed by atoms with E-state index in [1.165, 1.54) is 11.3 Å². The third-order valence-corrected chi connectivity index (χ3v) is 5.21. The number of para-hydroxylation sites is 1. The fraction of sp³-hybridized carbons (Fsp3) is 0.316. The number of carbonyl (C=O) groups excluding carboxylic acids is 2. The van der Waals surface area contributed by atoms with Crippen molar-refractivity contribution in [1.29, 1.82) is 0 Å². The predicted octanol–water partition coefficient (Wildman–Crippen LogP) is 3.72. The van der Waals surface area contributed by atoms with Crippen molar-refractivity contribution in [2.75, 3.05) is 17.2 Å². The number of urea groups is 1. The minimum absolute atomic E-state index is 0.110. The van der Waals surface area contributed by atoms with E-state index < -0.39 is 11.9 Å². The number of amides is 3. The first-order valence-corrected chi connectivity index (χ1v) is 9.52. The van der Waals surface area contributed by atoms with E-state index in [-0.39, 0.29) is 24.5 Å². The molecular weight excluding hydrogens is 366 g/mol. The zero-order valence-corrected chi connectivity index (χ0v) is 15.7. The lowest BCUT2D eigenvalue weighted by Gasteiger charge is -2.23. The lowest BCUT2D eigenvalue weighted by molar-refractivity contribution is -0.141. The third kappa shape index (κ3) is 5.07. The Morgan fingerprint density at radius 2 is 1.85 bits per heavy atom. The molecule has 1 unspecified atom stereocenters. The lowest BCUT2D eigenvalue weighted by Crippen LogP contribution is -2.38. The fourth-order valence-corrected chi connectivity index (χ4v) is 3.47. The summed E-state index contributed by atoms with van der Waals surface area (Å²) >= 11 is 1.18. The van der Waals surface area contributed by atoms with Crippen LogP contribution in [0.25, 0.3) is 0 Å². The fourth-order valence-electron chi connectivity index (χ4n) is 2.61. The molecule has 2 aromatic rings. The molecule has 142 valence electrons. The first kappa shape index (κ1) is 18.9. The Morgan fingerprint density at radius 1 is 1.15 bits per heavy atom. The molecular formula is C19H21N3O4S. The minimum atomic E-state index is -0.917. The molecule has 1 aliphatic rings. The summed E-state index contributed by atoms with van der Waals surface area (Å²) in [6.07, 6.45) is 1.79. The van der Waals surface area contributed by atoms with Crippen LogP contribution in [0, 0.1) is 5.92 Å². The Bertz CT molecular complexity index is 832. The number of carboxylic acid groups (broad SMARTS) is 1. The standard InChI is InChI=1S/C19H21N3O4S/c1-12(18(24)25)11-22(14-7-8-14)17(23)15-9-10-16(27-15)21-19(26)20-13-5-3-2-4-6-13/h2-6,9-10,12,14H,7-8,11H2,1H3,(H,24,25)(H2,20,21,26). The molecule has 1 aromatic heterocycles. The molecule has 3 amide bonds. The zero-order valence-electron chi connectivity index (χ0n) is 14.8. The van der Waals surface area contributed by atoms with Gasteiger partial charge < -0.3 is 15.3 Å². The monoisotopic (exact) mass is 387 g/mol. The van der Waals surface area contributed by atoms with Gasteiger partial charge in [-0.05, 0) is 37.1 Å². The second-order valence-corrected chi connectivity index (χ2v) is 7.62. The quantitative estimate of drug-likeness (QED) is 0.674. The van der Waals surface area contributed by atoms with Crippen LogP contribution in [0.1, 0.15) is 29.4 Å². The number of nitrogens with one attached hydrogen (secondary N) is 2. The Kier molecular flexibility index (Phi) is 5.75. The number of anilines is 2. The molecule has 8 heteroatoms. The van der Waals surface area contributed by atoms with E-state index >= 15 is 0 Å². The number of thiophene rings is 1. The average molecular weight is 387 g/mol. The van der Waals surface area contributed by atoms with E-state index in [4.69, 9.17) is 5.11 Å². The molecule has 7 nitrogen and oxygen atoms in total. The maximum Gasteiger partial charge on any atom is 0.324 e. The Balaban J connectivity index is 1.62. The van der Waals surface area contributed by atoms with Crippen molar-refractivity contribution in [2.24, 2.45) is 5.92 Å². The van der Waals surface area contributed by atoms with Crippen LogP contribution in [0.4, 0.5) is 15.5 Å². The third-order valence-electron chi connectivity index (χ3n) is 4.23. The average Bonchev–Trinajstić information content (AvgIpc) is 3.38. The van der Waals surface area contributed by atoms with E-state index in [0.717, 1.165) is 12.8 Å². The number of nitrogens with zero attached hydrogens (tertiary/aromatic N) is 1. The van der Waals surface area contributed by atoms with Gasteiger partial charge in [-0.1, -0.05) is 25.1 Å². The van der Waals surface area contributed by atoms with Gasteiger partial charge in [0.15, 0.2) is 0 Å². The molecule has 0 saturated heterocycles. The molecule has 0 bridgehead atoms. The Morgan fingerprint density at radius 3 is 2.48 bits per heavy atom. The largest absolute Gasteiger partial charge is 0.481 e. The normalized spacial score (nSPS) is 14.3. The molecule has 27 heavy (non-hydrogen) atoms. The van der Waals surface area contributed by atoms with Crippen LogP contribution in [0.3, 0.4) is 0 Å². The van der Waals surface area contributed by atoms with Crippen molar-refractivity contribution in [3.63, 3.8) is 0 Å². The van der Waals surface area contributed by atoms with Crippen molar-refractivity contribution in [3.8, 4) is 0 Å². The van der Waals surface area contributed by atoms with Gasteiger partial charge in [-0.2, -0.15) is 0 Å². The zero-order chi connectivity index (χ0) is 19.4. The van der Waals surface area contributed by atoms with Gasteiger partial charge in [0, 0.05) is 18.3 Å². The molecule has 1 aliphatic carbocycles. The smallest absolute Gasteiger partial charge is 0.324 e. The summed E-state index contributed by atoms with van der Waals surface area (Å²) in [5, 5.41) is 15.1. The number of benzene rings is 1. The van der Waals surface area contributed by atoms with Crippen LogP contribution in [-0.2, 0) is 4.79 Å². The highest BCUT2D eigenvalue weighted by atomic mass is 32.1. The van der Waals surface area contributed by atoms with Crippen LogP contribution >= 0.6 is 11.3 Å². The summed E-state index contributed by atoms with van der Waals surface area (Å²) in [6.45, 7) is 1.79. The highest BCUT2D eigenvalue weighted by molar-refractivity contribution is 7.18. The maximum atomic E-state index is 12.8. The number of rotatable bonds is 7. The summed E-state index contributed by atoms with van der Waals surface area (Å²) in [7, 11) is 0. The molecule has 0 radical (unpaired) electrons. The van der Waals surface area contributed by atoms with Crippen molar-refractivity contribution < 1.29 is 19.5 Å². The molecule has 1 saturated carbocycles. The van der Waals surface area contributed by atoms with E-state index in [1.54, 1.807) is 36.1 Å². The van der Waals surface area contributed by atoms with Crippen molar-refractivity contribution in [3.05, 3.63) is 47.3 Å². The van der Waals surface area contributed by atoms with Crippen molar-refractivity contribution in [2.45, 2.75) is 25.8 Å².